The molecule has 2 aromatic carbocycles. The van der Waals surface area contributed by atoms with Gasteiger partial charge in [0.25, 0.3) is 0 Å². The van der Waals surface area contributed by atoms with E-state index in [4.69, 9.17) is 25.5 Å². The minimum absolute atomic E-state index is 0.146. The van der Waals surface area contributed by atoms with Gasteiger partial charge in [0.2, 0.25) is 5.76 Å². The number of carbonyl (C=O) groups excluding carboxylic acids is 1. The van der Waals surface area contributed by atoms with Crippen molar-refractivity contribution in [2.24, 2.45) is 0 Å². The maximum absolute atomic E-state index is 12.4. The molecule has 0 N–H and O–H groups in total. The first kappa shape index (κ1) is 15.9. The lowest BCUT2D eigenvalue weighted by Gasteiger charge is -2.05. The number of ether oxygens (including phenoxy) is 2. The average molecular weight is 396 g/mol. The molecule has 0 bridgehead atoms. The number of halogens is 2. The van der Waals surface area contributed by atoms with E-state index in [1.54, 1.807) is 44.4 Å². The van der Waals surface area contributed by atoms with Crippen LogP contribution in [0, 0.1) is 6.92 Å². The fraction of sp³-hybridized carbons (Fsp3) is 0.118. The number of carbonyl (C=O) groups is 1. The monoisotopic (exact) mass is 394 g/mol. The van der Waals surface area contributed by atoms with Crippen LogP contribution in [0.4, 0.5) is 0 Å². The Morgan fingerprint density at radius 1 is 1.22 bits per heavy atom. The molecule has 0 aliphatic carbocycles. The van der Waals surface area contributed by atoms with Gasteiger partial charge in [-0.2, -0.15) is 0 Å². The highest BCUT2D eigenvalue weighted by Crippen LogP contribution is 2.32. The number of methoxy groups -OCH3 is 1. The second-order valence-electron chi connectivity index (χ2n) is 4.88. The summed E-state index contributed by atoms with van der Waals surface area (Å²) in [6, 6.07) is 10.4. The van der Waals surface area contributed by atoms with Gasteiger partial charge in [-0.1, -0.05) is 27.5 Å². The van der Waals surface area contributed by atoms with Gasteiger partial charge < -0.3 is 13.9 Å². The van der Waals surface area contributed by atoms with E-state index in [0.717, 1.165) is 9.86 Å². The molecule has 0 aliphatic rings. The molecular formula is C17H12BrClO4. The van der Waals surface area contributed by atoms with Crippen LogP contribution in [-0.4, -0.2) is 13.1 Å². The summed E-state index contributed by atoms with van der Waals surface area (Å²) >= 11 is 9.37. The Balaban J connectivity index is 1.96. The first-order chi connectivity index (χ1) is 11.0. The first-order valence-corrected chi connectivity index (χ1v) is 7.91. The fourth-order valence-corrected chi connectivity index (χ4v) is 2.94. The molecular weight excluding hydrogens is 384 g/mol. The molecule has 4 nitrogen and oxygen atoms in total. The molecule has 0 fully saturated rings. The second kappa shape index (κ2) is 6.26. The van der Waals surface area contributed by atoms with Crippen molar-refractivity contribution in [3.8, 4) is 11.5 Å². The molecule has 1 aromatic heterocycles. The smallest absolute Gasteiger partial charge is 0.379 e. The van der Waals surface area contributed by atoms with Crippen molar-refractivity contribution in [2.45, 2.75) is 6.92 Å². The molecule has 118 valence electrons. The molecule has 0 saturated carbocycles. The van der Waals surface area contributed by atoms with Crippen molar-refractivity contribution in [3.63, 3.8) is 0 Å². The zero-order valence-corrected chi connectivity index (χ0v) is 14.7. The summed E-state index contributed by atoms with van der Waals surface area (Å²) in [5.41, 5.74) is 1.29. The standard InChI is InChI=1S/C17H12BrClO4/c1-9-12-8-11(21-2)4-6-14(12)22-16(9)17(20)23-15-5-3-10(18)7-13(15)19/h3-8H,1-2H3. The summed E-state index contributed by atoms with van der Waals surface area (Å²) in [4.78, 5) is 12.4. The summed E-state index contributed by atoms with van der Waals surface area (Å²) in [6.45, 7) is 1.80. The van der Waals surface area contributed by atoms with E-state index < -0.39 is 5.97 Å². The molecule has 0 saturated heterocycles. The number of fused-ring (bicyclic) bond motifs is 1. The van der Waals surface area contributed by atoms with E-state index in [1.165, 1.54) is 0 Å². The third-order valence-electron chi connectivity index (χ3n) is 3.43. The van der Waals surface area contributed by atoms with Gasteiger partial charge in [-0.25, -0.2) is 4.79 Å². The maximum atomic E-state index is 12.4. The molecule has 0 unspecified atom stereocenters. The lowest BCUT2D eigenvalue weighted by atomic mass is 10.1. The third kappa shape index (κ3) is 3.07. The van der Waals surface area contributed by atoms with Crippen LogP contribution in [-0.2, 0) is 0 Å². The summed E-state index contributed by atoms with van der Waals surface area (Å²) in [7, 11) is 1.58. The molecule has 0 spiro atoms. The summed E-state index contributed by atoms with van der Waals surface area (Å²) in [5.74, 6) is 0.517. The fourth-order valence-electron chi connectivity index (χ4n) is 2.23. The predicted molar refractivity (Wildman–Crippen MR) is 91.6 cm³/mol. The topological polar surface area (TPSA) is 48.7 Å². The van der Waals surface area contributed by atoms with E-state index >= 15 is 0 Å². The van der Waals surface area contributed by atoms with E-state index in [-0.39, 0.29) is 11.5 Å². The van der Waals surface area contributed by atoms with Crippen LogP contribution < -0.4 is 9.47 Å². The van der Waals surface area contributed by atoms with Crippen LogP contribution in [0.15, 0.2) is 45.3 Å². The molecule has 0 radical (unpaired) electrons. The van der Waals surface area contributed by atoms with Crippen molar-refractivity contribution >= 4 is 44.5 Å². The Bertz CT molecular complexity index is 901. The van der Waals surface area contributed by atoms with Crippen molar-refractivity contribution in [1.29, 1.82) is 0 Å². The van der Waals surface area contributed by atoms with Gasteiger partial charge in [0, 0.05) is 15.4 Å². The van der Waals surface area contributed by atoms with Crippen LogP contribution in [0.2, 0.25) is 5.02 Å². The van der Waals surface area contributed by atoms with E-state index in [9.17, 15) is 4.79 Å². The number of benzene rings is 2. The van der Waals surface area contributed by atoms with Crippen LogP contribution >= 0.6 is 27.5 Å². The molecule has 3 aromatic rings. The predicted octanol–water partition coefficient (Wildman–Crippen LogP) is 5.38. The van der Waals surface area contributed by atoms with Gasteiger partial charge in [0.1, 0.15) is 17.1 Å². The Kier molecular flexibility index (Phi) is 4.33. The van der Waals surface area contributed by atoms with Crippen LogP contribution in [0.5, 0.6) is 11.5 Å². The lowest BCUT2D eigenvalue weighted by Crippen LogP contribution is -2.09. The zero-order chi connectivity index (χ0) is 16.6. The van der Waals surface area contributed by atoms with Gasteiger partial charge in [-0.15, -0.1) is 0 Å². The number of rotatable bonds is 3. The van der Waals surface area contributed by atoms with Crippen LogP contribution in [0.25, 0.3) is 11.0 Å². The molecule has 1 heterocycles. The molecule has 0 atom stereocenters. The van der Waals surface area contributed by atoms with Crippen LogP contribution in [0.1, 0.15) is 16.1 Å². The molecule has 0 aliphatic heterocycles. The molecule has 23 heavy (non-hydrogen) atoms. The second-order valence-corrected chi connectivity index (χ2v) is 6.21. The highest BCUT2D eigenvalue weighted by molar-refractivity contribution is 9.10. The first-order valence-electron chi connectivity index (χ1n) is 6.74. The highest BCUT2D eigenvalue weighted by atomic mass is 79.9. The Labute approximate surface area is 146 Å². The van der Waals surface area contributed by atoms with Crippen molar-refractivity contribution in [1.82, 2.24) is 0 Å². The van der Waals surface area contributed by atoms with E-state index in [1.807, 2.05) is 6.07 Å². The Morgan fingerprint density at radius 2 is 2.00 bits per heavy atom. The molecule has 0 amide bonds. The highest BCUT2D eigenvalue weighted by Gasteiger charge is 2.21. The summed E-state index contributed by atoms with van der Waals surface area (Å²) in [6.07, 6.45) is 0. The third-order valence-corrected chi connectivity index (χ3v) is 4.21. The van der Waals surface area contributed by atoms with Crippen LogP contribution in [0.3, 0.4) is 0 Å². The quantitative estimate of drug-likeness (QED) is 0.441. The molecule has 3 rings (SSSR count). The summed E-state index contributed by atoms with van der Waals surface area (Å²) in [5, 5.41) is 1.14. The van der Waals surface area contributed by atoms with Gasteiger partial charge in [-0.3, -0.25) is 0 Å². The van der Waals surface area contributed by atoms with Gasteiger partial charge in [0.05, 0.1) is 12.1 Å². The van der Waals surface area contributed by atoms with E-state index in [2.05, 4.69) is 15.9 Å². The number of hydrogen-bond donors (Lipinski definition) is 0. The lowest BCUT2D eigenvalue weighted by molar-refractivity contribution is 0.0703. The van der Waals surface area contributed by atoms with E-state index in [0.29, 0.717) is 21.9 Å². The van der Waals surface area contributed by atoms with Crippen molar-refractivity contribution in [3.05, 3.63) is 57.2 Å². The minimum atomic E-state index is -0.595. The van der Waals surface area contributed by atoms with Gasteiger partial charge in [0.15, 0.2) is 0 Å². The summed E-state index contributed by atoms with van der Waals surface area (Å²) < 4.78 is 16.9. The average Bonchev–Trinajstić information content (AvgIpc) is 2.86. The number of hydrogen-bond acceptors (Lipinski definition) is 4. The Hall–Kier alpha value is -1.98. The number of aryl methyl sites for hydroxylation is 1. The maximum Gasteiger partial charge on any atom is 0.379 e. The minimum Gasteiger partial charge on any atom is -0.497 e. The van der Waals surface area contributed by atoms with Crippen molar-refractivity contribution in [2.75, 3.05) is 7.11 Å². The normalized spacial score (nSPS) is 10.8. The largest absolute Gasteiger partial charge is 0.497 e. The van der Waals surface area contributed by atoms with Gasteiger partial charge >= 0.3 is 5.97 Å². The zero-order valence-electron chi connectivity index (χ0n) is 12.4. The number of furan rings is 1. The molecule has 6 heteroatoms. The van der Waals surface area contributed by atoms with Gasteiger partial charge in [-0.05, 0) is 43.3 Å². The Morgan fingerprint density at radius 3 is 2.70 bits per heavy atom. The SMILES string of the molecule is COc1ccc2oc(C(=O)Oc3ccc(Br)cc3Cl)c(C)c2c1. The number of esters is 1. The van der Waals surface area contributed by atoms with Crippen molar-refractivity contribution < 1.29 is 18.7 Å².